The van der Waals surface area contributed by atoms with Crippen molar-refractivity contribution in [1.29, 1.82) is 0 Å². The Labute approximate surface area is 188 Å². The minimum atomic E-state index is -2.19. The predicted molar refractivity (Wildman–Crippen MR) is 122 cm³/mol. The molecule has 3 aliphatic rings. The molecule has 6 nitrogen and oxygen atoms in total. The first kappa shape index (κ1) is 24.9. The highest BCUT2D eigenvalue weighted by Crippen LogP contribution is 2.68. The molecule has 0 aromatic rings. The molecule has 178 valence electrons. The number of esters is 1. The molecule has 1 saturated carbocycles. The van der Waals surface area contributed by atoms with Crippen LogP contribution in [0.3, 0.4) is 0 Å². The Balaban J connectivity index is 2.12. The SMILES string of the molecule is CO[C@H]1O[C@]23[C@H](OC(C)=O)C/C(C)=C/[C@H](O)[C@@H](O[Si](C)(C)C(C)(C)C)[C@H]1[C@@H]2CC3(C)C. The second kappa shape index (κ2) is 7.94. The summed E-state index contributed by atoms with van der Waals surface area (Å²) in [5.41, 5.74) is 0.113. The molecule has 2 aliphatic carbocycles. The molecule has 3 rings (SSSR count). The number of methoxy groups -OCH3 is 1. The number of ether oxygens (including phenoxy) is 3. The number of aliphatic hydroxyl groups is 1. The van der Waals surface area contributed by atoms with E-state index in [9.17, 15) is 9.90 Å². The lowest BCUT2D eigenvalue weighted by Crippen LogP contribution is -2.68. The molecular formula is C24H42O6Si. The summed E-state index contributed by atoms with van der Waals surface area (Å²) in [4.78, 5) is 12.0. The Morgan fingerprint density at radius 3 is 2.39 bits per heavy atom. The van der Waals surface area contributed by atoms with Crippen molar-refractivity contribution in [1.82, 2.24) is 0 Å². The number of hydrogen-bond donors (Lipinski definition) is 1. The van der Waals surface area contributed by atoms with E-state index >= 15 is 0 Å². The highest BCUT2D eigenvalue weighted by atomic mass is 28.4. The Kier molecular flexibility index (Phi) is 6.38. The molecule has 1 heterocycles. The molecule has 0 radical (unpaired) electrons. The summed E-state index contributed by atoms with van der Waals surface area (Å²) in [7, 11) is -0.542. The van der Waals surface area contributed by atoms with Crippen molar-refractivity contribution in [2.75, 3.05) is 7.11 Å². The first-order valence-electron chi connectivity index (χ1n) is 11.5. The third kappa shape index (κ3) is 3.95. The number of aliphatic hydroxyl groups excluding tert-OH is 1. The van der Waals surface area contributed by atoms with Gasteiger partial charge in [-0.05, 0) is 36.9 Å². The fourth-order valence-electron chi connectivity index (χ4n) is 5.82. The lowest BCUT2D eigenvalue weighted by molar-refractivity contribution is -0.279. The predicted octanol–water partition coefficient (Wildman–Crippen LogP) is 4.42. The molecule has 0 aromatic carbocycles. The van der Waals surface area contributed by atoms with E-state index in [4.69, 9.17) is 18.6 Å². The van der Waals surface area contributed by atoms with Crippen LogP contribution in [0.15, 0.2) is 11.6 Å². The second-order valence-corrected chi connectivity index (χ2v) is 16.7. The second-order valence-electron chi connectivity index (χ2n) is 11.9. The molecule has 7 atom stereocenters. The normalized spacial score (nSPS) is 41.7. The Morgan fingerprint density at radius 1 is 1.29 bits per heavy atom. The number of rotatable bonds is 4. The minimum Gasteiger partial charge on any atom is -0.459 e. The highest BCUT2D eigenvalue weighted by molar-refractivity contribution is 6.74. The smallest absolute Gasteiger partial charge is 0.303 e. The zero-order chi connectivity index (χ0) is 23.6. The van der Waals surface area contributed by atoms with Crippen LogP contribution in [0.2, 0.25) is 18.1 Å². The average molecular weight is 455 g/mol. The molecule has 2 bridgehead atoms. The van der Waals surface area contributed by atoms with Crippen LogP contribution >= 0.6 is 0 Å². The molecule has 1 aliphatic heterocycles. The van der Waals surface area contributed by atoms with E-state index in [0.29, 0.717) is 6.42 Å². The summed E-state index contributed by atoms with van der Waals surface area (Å²) in [5, 5.41) is 11.4. The van der Waals surface area contributed by atoms with Gasteiger partial charge in [0.05, 0.1) is 12.2 Å². The van der Waals surface area contributed by atoms with Crippen molar-refractivity contribution in [2.24, 2.45) is 17.3 Å². The first-order chi connectivity index (χ1) is 14.1. The van der Waals surface area contributed by atoms with Crippen LogP contribution in [0.5, 0.6) is 0 Å². The maximum Gasteiger partial charge on any atom is 0.303 e. The van der Waals surface area contributed by atoms with Crippen molar-refractivity contribution in [3.8, 4) is 0 Å². The standard InChI is InChI=1S/C24H42O6Si/c1-14-11-17(26)20(30-31(9,10)22(3,4)5)19-16-13-23(6,7)24(16,29-21(19)27-8)18(12-14)28-15(2)25/h11,16-21,26H,12-13H2,1-10H3/b14-11+/t16-,17-,18+,19+,20+,21-,24-/m0/s1. The van der Waals surface area contributed by atoms with Gasteiger partial charge in [0.15, 0.2) is 14.6 Å². The van der Waals surface area contributed by atoms with Crippen molar-refractivity contribution < 1.29 is 28.5 Å². The summed E-state index contributed by atoms with van der Waals surface area (Å²) in [6.45, 7) is 18.8. The van der Waals surface area contributed by atoms with E-state index in [2.05, 4.69) is 47.7 Å². The van der Waals surface area contributed by atoms with Gasteiger partial charge >= 0.3 is 5.97 Å². The number of hydrogen-bond acceptors (Lipinski definition) is 6. The Bertz CT molecular complexity index is 739. The van der Waals surface area contributed by atoms with E-state index < -0.39 is 38.5 Å². The summed E-state index contributed by atoms with van der Waals surface area (Å²) in [5.74, 6) is -0.397. The van der Waals surface area contributed by atoms with E-state index in [0.717, 1.165) is 12.0 Å². The molecule has 7 heteroatoms. The van der Waals surface area contributed by atoms with E-state index in [1.807, 2.05) is 13.0 Å². The van der Waals surface area contributed by atoms with Gasteiger partial charge < -0.3 is 23.7 Å². The summed E-state index contributed by atoms with van der Waals surface area (Å²) in [6.07, 6.45) is 1.11. The van der Waals surface area contributed by atoms with Gasteiger partial charge in [-0.3, -0.25) is 4.79 Å². The Morgan fingerprint density at radius 2 is 1.90 bits per heavy atom. The van der Waals surface area contributed by atoms with Gasteiger partial charge in [-0.2, -0.15) is 0 Å². The van der Waals surface area contributed by atoms with Gasteiger partial charge in [-0.25, -0.2) is 0 Å². The van der Waals surface area contributed by atoms with Crippen LogP contribution in [0, 0.1) is 17.3 Å². The van der Waals surface area contributed by atoms with Crippen molar-refractivity contribution in [2.45, 2.75) is 110 Å². The largest absolute Gasteiger partial charge is 0.459 e. The first-order valence-corrected chi connectivity index (χ1v) is 14.4. The molecule has 1 N–H and O–H groups in total. The molecule has 31 heavy (non-hydrogen) atoms. The van der Waals surface area contributed by atoms with E-state index in [-0.39, 0.29) is 28.3 Å². The van der Waals surface area contributed by atoms with Gasteiger partial charge in [0.2, 0.25) is 0 Å². The molecule has 0 aromatic heterocycles. The lowest BCUT2D eigenvalue weighted by Gasteiger charge is -2.61. The van der Waals surface area contributed by atoms with Crippen LogP contribution in [0.25, 0.3) is 0 Å². The van der Waals surface area contributed by atoms with E-state index in [1.54, 1.807) is 7.11 Å². The maximum atomic E-state index is 12.0. The van der Waals surface area contributed by atoms with Crippen LogP contribution in [-0.4, -0.2) is 56.7 Å². The zero-order valence-corrected chi connectivity index (χ0v) is 21.9. The minimum absolute atomic E-state index is 0.00217. The van der Waals surface area contributed by atoms with Crippen molar-refractivity contribution in [3.05, 3.63) is 11.6 Å². The zero-order valence-electron chi connectivity index (χ0n) is 20.9. The maximum absolute atomic E-state index is 12.0. The monoisotopic (exact) mass is 454 g/mol. The topological polar surface area (TPSA) is 74.2 Å². The van der Waals surface area contributed by atoms with Crippen LogP contribution in [0.1, 0.15) is 61.3 Å². The third-order valence-corrected chi connectivity index (χ3v) is 12.8. The quantitative estimate of drug-likeness (QED) is 0.385. The molecule has 2 fully saturated rings. The summed E-state index contributed by atoms with van der Waals surface area (Å²) >= 11 is 0. The molecule has 1 saturated heterocycles. The number of carbonyl (C=O) groups excluding carboxylic acids is 1. The van der Waals surface area contributed by atoms with Crippen LogP contribution < -0.4 is 0 Å². The molecule has 0 spiro atoms. The van der Waals surface area contributed by atoms with Crippen LogP contribution in [0.4, 0.5) is 0 Å². The lowest BCUT2D eigenvalue weighted by atomic mass is 9.47. The summed E-state index contributed by atoms with van der Waals surface area (Å²) < 4.78 is 25.3. The highest BCUT2D eigenvalue weighted by Gasteiger charge is 2.75. The van der Waals surface area contributed by atoms with Gasteiger partial charge in [0.1, 0.15) is 11.7 Å². The summed E-state index contributed by atoms with van der Waals surface area (Å²) in [6, 6.07) is 0. The Hall–Kier alpha value is -0.733. The molecule has 0 amide bonds. The van der Waals surface area contributed by atoms with Gasteiger partial charge in [0.25, 0.3) is 0 Å². The third-order valence-electron chi connectivity index (χ3n) is 8.36. The van der Waals surface area contributed by atoms with Gasteiger partial charge in [-0.1, -0.05) is 46.3 Å². The number of carbonyl (C=O) groups is 1. The molecule has 0 unspecified atom stereocenters. The van der Waals surface area contributed by atoms with Gasteiger partial charge in [-0.15, -0.1) is 0 Å². The average Bonchev–Trinajstić information content (AvgIpc) is 2.88. The fraction of sp³-hybridized carbons (Fsp3) is 0.875. The van der Waals surface area contributed by atoms with Crippen molar-refractivity contribution >= 4 is 14.3 Å². The fourth-order valence-corrected chi connectivity index (χ4v) is 7.15. The van der Waals surface area contributed by atoms with Crippen molar-refractivity contribution in [3.63, 3.8) is 0 Å². The van der Waals surface area contributed by atoms with E-state index in [1.165, 1.54) is 6.92 Å². The van der Waals surface area contributed by atoms with Gasteiger partial charge in [0, 0.05) is 32.3 Å². The molecular weight excluding hydrogens is 412 g/mol. The van der Waals surface area contributed by atoms with Crippen LogP contribution in [-0.2, 0) is 23.4 Å².